The zero-order valence-corrected chi connectivity index (χ0v) is 13.8. The minimum Gasteiger partial charge on any atom is -0.353 e. The molecule has 0 aromatic heterocycles. The summed E-state index contributed by atoms with van der Waals surface area (Å²) in [7, 11) is 0. The number of rotatable bonds is 4. The maximum absolute atomic E-state index is 12.4. The molecule has 1 heterocycles. The molecule has 1 fully saturated rings. The molecule has 1 aliphatic rings. The first-order valence-electron chi connectivity index (χ1n) is 8.11. The van der Waals surface area contributed by atoms with Gasteiger partial charge in [-0.05, 0) is 37.8 Å². The van der Waals surface area contributed by atoms with Crippen molar-refractivity contribution >= 4 is 11.8 Å². The van der Waals surface area contributed by atoms with E-state index in [2.05, 4.69) is 5.32 Å². The molecule has 4 nitrogen and oxygen atoms in total. The van der Waals surface area contributed by atoms with Crippen LogP contribution in [0.4, 0.5) is 0 Å². The van der Waals surface area contributed by atoms with Crippen molar-refractivity contribution in [3.05, 3.63) is 35.4 Å². The summed E-state index contributed by atoms with van der Waals surface area (Å²) >= 11 is 0. The van der Waals surface area contributed by atoms with E-state index in [0.717, 1.165) is 24.0 Å². The first-order valence-corrected chi connectivity index (χ1v) is 8.11. The van der Waals surface area contributed by atoms with Gasteiger partial charge in [0.25, 0.3) is 5.91 Å². The highest BCUT2D eigenvalue weighted by Gasteiger charge is 2.24. The van der Waals surface area contributed by atoms with E-state index in [1.165, 1.54) is 0 Å². The number of nitrogens with one attached hydrogen (secondary N) is 1. The average molecular weight is 302 g/mol. The van der Waals surface area contributed by atoms with E-state index in [0.29, 0.717) is 25.4 Å². The maximum atomic E-state index is 12.4. The molecule has 0 saturated carbocycles. The van der Waals surface area contributed by atoms with Crippen LogP contribution in [0.1, 0.15) is 49.0 Å². The first-order chi connectivity index (χ1) is 10.5. The number of carbonyl (C=O) groups excluding carboxylic acids is 2. The highest BCUT2D eigenvalue weighted by atomic mass is 16.2. The van der Waals surface area contributed by atoms with Crippen molar-refractivity contribution in [2.75, 3.05) is 13.1 Å². The van der Waals surface area contributed by atoms with E-state index in [1.807, 2.05) is 49.9 Å². The van der Waals surface area contributed by atoms with E-state index in [-0.39, 0.29) is 17.9 Å². The molecule has 0 aliphatic carbocycles. The molecule has 2 amide bonds. The molecule has 0 bridgehead atoms. The number of nitrogens with zero attached hydrogens (tertiary/aromatic N) is 1. The summed E-state index contributed by atoms with van der Waals surface area (Å²) < 4.78 is 0. The number of aryl methyl sites for hydroxylation is 1. The largest absolute Gasteiger partial charge is 0.353 e. The van der Waals surface area contributed by atoms with E-state index in [1.54, 1.807) is 0 Å². The van der Waals surface area contributed by atoms with Crippen molar-refractivity contribution in [1.82, 2.24) is 10.2 Å². The monoisotopic (exact) mass is 302 g/mol. The van der Waals surface area contributed by atoms with E-state index < -0.39 is 0 Å². The van der Waals surface area contributed by atoms with Gasteiger partial charge >= 0.3 is 0 Å². The lowest BCUT2D eigenvalue weighted by atomic mass is 10.0. The van der Waals surface area contributed by atoms with Crippen LogP contribution in [0, 0.1) is 12.8 Å². The second-order valence-corrected chi connectivity index (χ2v) is 6.60. The molecule has 1 aromatic rings. The topological polar surface area (TPSA) is 49.4 Å². The molecule has 22 heavy (non-hydrogen) atoms. The Hall–Kier alpha value is -1.84. The predicted octanol–water partition coefficient (Wildman–Crippen LogP) is 2.76. The Morgan fingerprint density at radius 2 is 1.77 bits per heavy atom. The van der Waals surface area contributed by atoms with Crippen molar-refractivity contribution < 1.29 is 9.59 Å². The normalized spacial score (nSPS) is 15.9. The third-order valence-electron chi connectivity index (χ3n) is 4.04. The minimum atomic E-state index is 0.0898. The zero-order chi connectivity index (χ0) is 16.1. The quantitative estimate of drug-likeness (QED) is 0.929. The number of carbonyl (C=O) groups is 2. The van der Waals surface area contributed by atoms with Crippen molar-refractivity contribution in [2.45, 2.75) is 46.1 Å². The van der Waals surface area contributed by atoms with Gasteiger partial charge in [0.15, 0.2) is 0 Å². The van der Waals surface area contributed by atoms with Gasteiger partial charge in [0.1, 0.15) is 0 Å². The molecule has 4 heteroatoms. The average Bonchev–Trinajstić information content (AvgIpc) is 2.47. The van der Waals surface area contributed by atoms with E-state index in [4.69, 9.17) is 0 Å². The number of benzene rings is 1. The lowest BCUT2D eigenvalue weighted by Gasteiger charge is -2.32. The first kappa shape index (κ1) is 16.5. The highest BCUT2D eigenvalue weighted by molar-refractivity contribution is 5.94. The SMILES string of the molecule is Cc1ccc(C(=O)N2CCC(NC(=O)CC(C)C)CC2)cc1. The molecular formula is C18H26N2O2. The van der Waals surface area contributed by atoms with Gasteiger partial charge in [-0.25, -0.2) is 0 Å². The van der Waals surface area contributed by atoms with Gasteiger partial charge in [-0.15, -0.1) is 0 Å². The van der Waals surface area contributed by atoms with Crippen LogP contribution >= 0.6 is 0 Å². The van der Waals surface area contributed by atoms with Crippen LogP contribution in [0.15, 0.2) is 24.3 Å². The van der Waals surface area contributed by atoms with Gasteiger partial charge in [-0.2, -0.15) is 0 Å². The van der Waals surface area contributed by atoms with Crippen LogP contribution in [-0.2, 0) is 4.79 Å². The lowest BCUT2D eigenvalue weighted by molar-refractivity contribution is -0.122. The fraction of sp³-hybridized carbons (Fsp3) is 0.556. The standard InChI is InChI=1S/C18H26N2O2/c1-13(2)12-17(21)19-16-8-10-20(11-9-16)18(22)15-6-4-14(3)5-7-15/h4-7,13,16H,8-12H2,1-3H3,(H,19,21). The molecule has 1 N–H and O–H groups in total. The Morgan fingerprint density at radius 1 is 1.18 bits per heavy atom. The maximum Gasteiger partial charge on any atom is 0.253 e. The van der Waals surface area contributed by atoms with E-state index in [9.17, 15) is 9.59 Å². The van der Waals surface area contributed by atoms with Crippen molar-refractivity contribution in [1.29, 1.82) is 0 Å². The fourth-order valence-corrected chi connectivity index (χ4v) is 2.76. The van der Waals surface area contributed by atoms with Gasteiger partial charge in [-0.1, -0.05) is 31.5 Å². The second kappa shape index (κ2) is 7.43. The summed E-state index contributed by atoms with van der Waals surface area (Å²) in [5.41, 5.74) is 1.90. The summed E-state index contributed by atoms with van der Waals surface area (Å²) in [6.45, 7) is 7.52. The van der Waals surface area contributed by atoms with Gasteiger partial charge in [-0.3, -0.25) is 9.59 Å². The molecule has 0 atom stereocenters. The van der Waals surface area contributed by atoms with Crippen LogP contribution < -0.4 is 5.32 Å². The molecule has 0 spiro atoms. The Balaban J connectivity index is 1.83. The Kier molecular flexibility index (Phi) is 5.58. The summed E-state index contributed by atoms with van der Waals surface area (Å²) in [6.07, 6.45) is 2.24. The number of likely N-dealkylation sites (tertiary alicyclic amines) is 1. The number of amides is 2. The Labute approximate surface area is 132 Å². The smallest absolute Gasteiger partial charge is 0.253 e. The zero-order valence-electron chi connectivity index (χ0n) is 13.8. The fourth-order valence-electron chi connectivity index (χ4n) is 2.76. The number of hydrogen-bond acceptors (Lipinski definition) is 2. The predicted molar refractivity (Wildman–Crippen MR) is 87.7 cm³/mol. The molecule has 120 valence electrons. The summed E-state index contributed by atoms with van der Waals surface area (Å²) in [4.78, 5) is 26.1. The number of hydrogen-bond donors (Lipinski definition) is 1. The van der Waals surface area contributed by atoms with Crippen molar-refractivity contribution in [3.8, 4) is 0 Å². The van der Waals surface area contributed by atoms with Crippen LogP contribution in [0.3, 0.4) is 0 Å². The summed E-state index contributed by atoms with van der Waals surface area (Å²) in [6, 6.07) is 7.90. The summed E-state index contributed by atoms with van der Waals surface area (Å²) in [5, 5.41) is 3.08. The third-order valence-corrected chi connectivity index (χ3v) is 4.04. The lowest BCUT2D eigenvalue weighted by Crippen LogP contribution is -2.46. The minimum absolute atomic E-state index is 0.0898. The van der Waals surface area contributed by atoms with Crippen LogP contribution in [0.25, 0.3) is 0 Å². The molecule has 0 radical (unpaired) electrons. The van der Waals surface area contributed by atoms with Gasteiger partial charge in [0, 0.05) is 31.1 Å². The molecule has 2 rings (SSSR count). The van der Waals surface area contributed by atoms with Crippen LogP contribution in [0.2, 0.25) is 0 Å². The van der Waals surface area contributed by atoms with E-state index >= 15 is 0 Å². The molecular weight excluding hydrogens is 276 g/mol. The molecule has 1 aromatic carbocycles. The van der Waals surface area contributed by atoms with Gasteiger partial charge in [0.05, 0.1) is 0 Å². The molecule has 0 unspecified atom stereocenters. The van der Waals surface area contributed by atoms with Gasteiger partial charge in [0.2, 0.25) is 5.91 Å². The van der Waals surface area contributed by atoms with Crippen LogP contribution in [0.5, 0.6) is 0 Å². The molecule has 1 saturated heterocycles. The Morgan fingerprint density at radius 3 is 2.32 bits per heavy atom. The summed E-state index contributed by atoms with van der Waals surface area (Å²) in [5.74, 6) is 0.591. The third kappa shape index (κ3) is 4.58. The van der Waals surface area contributed by atoms with Crippen molar-refractivity contribution in [3.63, 3.8) is 0 Å². The number of piperidine rings is 1. The highest BCUT2D eigenvalue weighted by Crippen LogP contribution is 2.15. The van der Waals surface area contributed by atoms with Crippen molar-refractivity contribution in [2.24, 2.45) is 5.92 Å². The second-order valence-electron chi connectivity index (χ2n) is 6.60. The van der Waals surface area contributed by atoms with Crippen LogP contribution in [-0.4, -0.2) is 35.8 Å². The Bertz CT molecular complexity index is 514. The van der Waals surface area contributed by atoms with Gasteiger partial charge < -0.3 is 10.2 Å². The molecule has 1 aliphatic heterocycles.